The summed E-state index contributed by atoms with van der Waals surface area (Å²) in [5.41, 5.74) is 1.57. The van der Waals surface area contributed by atoms with Crippen LogP contribution in [-0.4, -0.2) is 26.5 Å². The van der Waals surface area contributed by atoms with E-state index in [0.29, 0.717) is 17.9 Å². The molecule has 0 saturated heterocycles. The number of para-hydroxylation sites is 1. The monoisotopic (exact) mass is 379 g/mol. The summed E-state index contributed by atoms with van der Waals surface area (Å²) in [7, 11) is 0. The standard InChI is InChI=1S/C21H21N3O4/c1-3-13-16-14-10-11-15(18(16)17(13)19(25)28-4-2)24-21(27)22(20(26)23(14)24)12-8-6-5-7-9-12/h5-11,14-16,18H,3-4H2,1-2H3/t14-,15+,16+,18-/m0/s1. The van der Waals surface area contributed by atoms with Crippen LogP contribution in [0.4, 0.5) is 0 Å². The molecule has 2 bridgehead atoms. The van der Waals surface area contributed by atoms with E-state index < -0.39 is 0 Å². The third-order valence-corrected chi connectivity index (χ3v) is 6.17. The molecule has 7 nitrogen and oxygen atoms in total. The number of rotatable bonds is 4. The first-order valence-electron chi connectivity index (χ1n) is 9.70. The number of carbonyl (C=O) groups excluding carboxylic acids is 1. The van der Waals surface area contributed by atoms with Crippen LogP contribution in [0, 0.1) is 11.8 Å². The zero-order valence-electron chi connectivity index (χ0n) is 15.7. The van der Waals surface area contributed by atoms with Gasteiger partial charge in [-0.15, -0.1) is 0 Å². The van der Waals surface area contributed by atoms with Crippen LogP contribution in [0.1, 0.15) is 32.4 Å². The van der Waals surface area contributed by atoms with E-state index >= 15 is 0 Å². The summed E-state index contributed by atoms with van der Waals surface area (Å²) in [4.78, 5) is 38.9. The minimum absolute atomic E-state index is 0.0585. The van der Waals surface area contributed by atoms with Gasteiger partial charge in [-0.2, -0.15) is 0 Å². The van der Waals surface area contributed by atoms with Crippen LogP contribution >= 0.6 is 0 Å². The van der Waals surface area contributed by atoms with Gasteiger partial charge in [0.15, 0.2) is 0 Å². The highest BCUT2D eigenvalue weighted by Crippen LogP contribution is 2.58. The topological polar surface area (TPSA) is 75.2 Å². The Hall–Kier alpha value is -3.09. The van der Waals surface area contributed by atoms with Gasteiger partial charge in [0.05, 0.1) is 24.4 Å². The average molecular weight is 379 g/mol. The van der Waals surface area contributed by atoms with Crippen LogP contribution in [0.2, 0.25) is 0 Å². The lowest BCUT2D eigenvalue weighted by atomic mass is 9.57. The van der Waals surface area contributed by atoms with Crippen molar-refractivity contribution in [3.05, 3.63) is 74.6 Å². The normalized spacial score (nSPS) is 26.6. The molecular weight excluding hydrogens is 358 g/mol. The summed E-state index contributed by atoms with van der Waals surface area (Å²) >= 11 is 0. The highest BCUT2D eigenvalue weighted by Gasteiger charge is 2.57. The molecule has 0 amide bonds. The van der Waals surface area contributed by atoms with Crippen LogP contribution < -0.4 is 11.4 Å². The summed E-state index contributed by atoms with van der Waals surface area (Å²) in [6, 6.07) is 8.33. The van der Waals surface area contributed by atoms with Crippen molar-refractivity contribution in [3.8, 4) is 5.69 Å². The fraction of sp³-hybridized carbons (Fsp3) is 0.381. The molecule has 0 fully saturated rings. The Balaban J connectivity index is 1.68. The quantitative estimate of drug-likeness (QED) is 0.601. The minimum Gasteiger partial charge on any atom is -0.463 e. The lowest BCUT2D eigenvalue weighted by Crippen LogP contribution is -2.55. The van der Waals surface area contributed by atoms with Crippen molar-refractivity contribution in [2.24, 2.45) is 11.8 Å². The third kappa shape index (κ3) is 1.96. The largest absolute Gasteiger partial charge is 0.463 e. The molecule has 144 valence electrons. The summed E-state index contributed by atoms with van der Waals surface area (Å²) < 4.78 is 9.57. The zero-order chi connectivity index (χ0) is 19.6. The van der Waals surface area contributed by atoms with Crippen LogP contribution in [-0.2, 0) is 9.53 Å². The van der Waals surface area contributed by atoms with Gasteiger partial charge in [-0.1, -0.05) is 42.8 Å². The maximum absolute atomic E-state index is 13.2. The Kier molecular flexibility index (Phi) is 3.62. The van der Waals surface area contributed by atoms with E-state index in [-0.39, 0.29) is 41.3 Å². The SMILES string of the molecule is CCOC(=O)C1=C(CC)[C@H]2[C@@H]1[C@H]1C=C[C@@H]2n2c(=O)n(-c3ccccc3)c(=O)n21. The van der Waals surface area contributed by atoms with Crippen molar-refractivity contribution in [3.63, 3.8) is 0 Å². The van der Waals surface area contributed by atoms with Gasteiger partial charge in [0.1, 0.15) is 0 Å². The highest BCUT2D eigenvalue weighted by molar-refractivity contribution is 5.93. The Morgan fingerprint density at radius 2 is 1.57 bits per heavy atom. The van der Waals surface area contributed by atoms with E-state index in [9.17, 15) is 14.4 Å². The van der Waals surface area contributed by atoms with Crippen molar-refractivity contribution in [1.29, 1.82) is 0 Å². The fourth-order valence-corrected chi connectivity index (χ4v) is 5.14. The predicted molar refractivity (Wildman–Crippen MR) is 102 cm³/mol. The number of carbonyl (C=O) groups is 1. The third-order valence-electron chi connectivity index (χ3n) is 6.17. The van der Waals surface area contributed by atoms with Crippen LogP contribution in [0.15, 0.2) is 63.2 Å². The molecule has 0 radical (unpaired) electrons. The number of aromatic nitrogens is 3. The molecule has 2 aliphatic carbocycles. The van der Waals surface area contributed by atoms with Gasteiger partial charge in [-0.3, -0.25) is 0 Å². The van der Waals surface area contributed by atoms with E-state index in [4.69, 9.17) is 4.74 Å². The van der Waals surface area contributed by atoms with Crippen molar-refractivity contribution in [1.82, 2.24) is 13.9 Å². The van der Waals surface area contributed by atoms with Crippen LogP contribution in [0.25, 0.3) is 5.69 Å². The molecular formula is C21H21N3O4. The maximum atomic E-state index is 13.2. The lowest BCUT2D eigenvalue weighted by molar-refractivity contribution is -0.141. The number of ether oxygens (including phenoxy) is 1. The second-order valence-corrected chi connectivity index (χ2v) is 7.36. The molecule has 0 N–H and O–H groups in total. The van der Waals surface area contributed by atoms with Crippen molar-refractivity contribution in [2.45, 2.75) is 32.4 Å². The summed E-state index contributed by atoms with van der Waals surface area (Å²) in [6.07, 6.45) is 4.68. The van der Waals surface area contributed by atoms with Gasteiger partial charge in [0.25, 0.3) is 0 Å². The van der Waals surface area contributed by atoms with Gasteiger partial charge in [0.2, 0.25) is 0 Å². The number of benzene rings is 1. The van der Waals surface area contributed by atoms with E-state index in [1.54, 1.807) is 35.9 Å². The Bertz CT molecular complexity index is 1150. The molecule has 0 spiro atoms. The molecule has 7 heteroatoms. The number of allylic oxidation sites excluding steroid dienone is 3. The maximum Gasteiger partial charge on any atom is 0.352 e. The van der Waals surface area contributed by atoms with Gasteiger partial charge < -0.3 is 4.74 Å². The lowest BCUT2D eigenvalue weighted by Gasteiger charge is -2.53. The average Bonchev–Trinajstić information content (AvgIpc) is 2.95. The summed E-state index contributed by atoms with van der Waals surface area (Å²) in [5, 5.41) is 0. The highest BCUT2D eigenvalue weighted by atomic mass is 16.5. The van der Waals surface area contributed by atoms with E-state index in [1.165, 1.54) is 9.25 Å². The molecule has 4 aliphatic rings. The molecule has 2 aliphatic heterocycles. The predicted octanol–water partition coefficient (Wildman–Crippen LogP) is 1.98. The number of hydrogen-bond donors (Lipinski definition) is 0. The van der Waals surface area contributed by atoms with Gasteiger partial charge in [-0.25, -0.2) is 28.3 Å². The second kappa shape index (κ2) is 5.95. The zero-order valence-corrected chi connectivity index (χ0v) is 15.7. The van der Waals surface area contributed by atoms with E-state index in [1.807, 2.05) is 25.1 Å². The van der Waals surface area contributed by atoms with Crippen molar-refractivity contribution in [2.75, 3.05) is 6.61 Å². The van der Waals surface area contributed by atoms with Gasteiger partial charge in [-0.05, 0) is 25.5 Å². The first-order chi connectivity index (χ1) is 13.6. The molecule has 4 atom stereocenters. The first-order valence-corrected chi connectivity index (χ1v) is 9.70. The molecule has 2 aromatic rings. The van der Waals surface area contributed by atoms with Crippen molar-refractivity contribution < 1.29 is 9.53 Å². The summed E-state index contributed by atoms with van der Waals surface area (Å²) in [6.45, 7) is 4.12. The number of hydrogen-bond acceptors (Lipinski definition) is 4. The van der Waals surface area contributed by atoms with E-state index in [0.717, 1.165) is 12.0 Å². The first kappa shape index (κ1) is 17.0. The fourth-order valence-electron chi connectivity index (χ4n) is 5.14. The smallest absolute Gasteiger partial charge is 0.352 e. The Morgan fingerprint density at radius 1 is 0.964 bits per heavy atom. The summed E-state index contributed by atoms with van der Waals surface area (Å²) in [5.74, 6) is -0.359. The number of nitrogens with zero attached hydrogens (tertiary/aromatic N) is 3. The molecule has 3 heterocycles. The Morgan fingerprint density at radius 3 is 2.14 bits per heavy atom. The molecule has 1 aromatic carbocycles. The van der Waals surface area contributed by atoms with E-state index in [2.05, 4.69) is 0 Å². The number of esters is 1. The van der Waals surface area contributed by atoms with Crippen LogP contribution in [0.3, 0.4) is 0 Å². The van der Waals surface area contributed by atoms with Crippen LogP contribution in [0.5, 0.6) is 0 Å². The van der Waals surface area contributed by atoms with Gasteiger partial charge >= 0.3 is 17.3 Å². The van der Waals surface area contributed by atoms with Crippen molar-refractivity contribution >= 4 is 5.97 Å². The second-order valence-electron chi connectivity index (χ2n) is 7.36. The minimum atomic E-state index is -0.373. The van der Waals surface area contributed by atoms with Gasteiger partial charge in [0, 0.05) is 17.4 Å². The molecule has 0 unspecified atom stereocenters. The molecule has 1 aromatic heterocycles. The molecule has 0 saturated carbocycles. The Labute approximate surface area is 161 Å². The molecule has 6 rings (SSSR count). The molecule has 28 heavy (non-hydrogen) atoms.